The summed E-state index contributed by atoms with van der Waals surface area (Å²) < 4.78 is 5.31. The van der Waals surface area contributed by atoms with Crippen molar-refractivity contribution in [2.45, 2.75) is 39.7 Å². The van der Waals surface area contributed by atoms with Gasteiger partial charge in [-0.15, -0.1) is 0 Å². The lowest BCUT2D eigenvalue weighted by molar-refractivity contribution is 0.0928. The molecule has 10 heavy (non-hydrogen) atoms. The Morgan fingerprint density at radius 1 is 1.50 bits per heavy atom. The van der Waals surface area contributed by atoms with Crippen LogP contribution in [0.4, 0.5) is 0 Å². The van der Waals surface area contributed by atoms with Crippen molar-refractivity contribution in [3.05, 3.63) is 12.8 Å². The average Bonchev–Trinajstić information content (AvgIpc) is 1.87. The Morgan fingerprint density at radius 2 is 2.10 bits per heavy atom. The van der Waals surface area contributed by atoms with Gasteiger partial charge in [-0.3, -0.25) is 0 Å². The summed E-state index contributed by atoms with van der Waals surface area (Å²) in [7, 11) is 0. The third-order valence-corrected chi connectivity index (χ3v) is 1.59. The molecule has 0 aliphatic heterocycles. The van der Waals surface area contributed by atoms with Crippen LogP contribution in [0.1, 0.15) is 33.6 Å². The van der Waals surface area contributed by atoms with Crippen molar-refractivity contribution in [1.82, 2.24) is 0 Å². The average molecular weight is 142 g/mol. The van der Waals surface area contributed by atoms with E-state index < -0.39 is 0 Å². The Labute approximate surface area is 64.1 Å². The Morgan fingerprint density at radius 3 is 2.40 bits per heavy atom. The largest absolute Gasteiger partial charge is 0.498 e. The SMILES string of the molecule is C=COC(CCC)C(C)C. The quantitative estimate of drug-likeness (QED) is 0.536. The predicted octanol–water partition coefficient (Wildman–Crippen LogP) is 2.97. The summed E-state index contributed by atoms with van der Waals surface area (Å²) in [4.78, 5) is 0. The van der Waals surface area contributed by atoms with Gasteiger partial charge in [-0.1, -0.05) is 33.8 Å². The van der Waals surface area contributed by atoms with Crippen molar-refractivity contribution in [2.75, 3.05) is 0 Å². The normalized spacial score (nSPS) is 13.2. The zero-order valence-corrected chi connectivity index (χ0v) is 7.26. The van der Waals surface area contributed by atoms with Crippen LogP contribution >= 0.6 is 0 Å². The highest BCUT2D eigenvalue weighted by Gasteiger charge is 2.10. The molecule has 1 atom stereocenters. The topological polar surface area (TPSA) is 9.23 Å². The summed E-state index contributed by atoms with van der Waals surface area (Å²) >= 11 is 0. The van der Waals surface area contributed by atoms with Crippen LogP contribution < -0.4 is 0 Å². The lowest BCUT2D eigenvalue weighted by Gasteiger charge is -2.18. The van der Waals surface area contributed by atoms with Crippen molar-refractivity contribution in [1.29, 1.82) is 0 Å². The van der Waals surface area contributed by atoms with E-state index in [1.807, 2.05) is 0 Å². The fraction of sp³-hybridized carbons (Fsp3) is 0.778. The van der Waals surface area contributed by atoms with Gasteiger partial charge in [0.1, 0.15) is 6.10 Å². The first kappa shape index (κ1) is 9.54. The van der Waals surface area contributed by atoms with Crippen molar-refractivity contribution in [2.24, 2.45) is 5.92 Å². The van der Waals surface area contributed by atoms with Gasteiger partial charge in [0.05, 0.1) is 6.26 Å². The van der Waals surface area contributed by atoms with Gasteiger partial charge in [0.2, 0.25) is 0 Å². The second kappa shape index (κ2) is 5.33. The predicted molar refractivity (Wildman–Crippen MR) is 44.8 cm³/mol. The highest BCUT2D eigenvalue weighted by molar-refractivity contribution is 4.65. The molecule has 1 unspecified atom stereocenters. The molecular weight excluding hydrogens is 124 g/mol. The summed E-state index contributed by atoms with van der Waals surface area (Å²) in [6.45, 7) is 10.1. The molecule has 0 aromatic rings. The second-order valence-electron chi connectivity index (χ2n) is 2.87. The van der Waals surface area contributed by atoms with E-state index in [9.17, 15) is 0 Å². The van der Waals surface area contributed by atoms with Crippen LogP contribution in [0.2, 0.25) is 0 Å². The molecular formula is C9H18O. The van der Waals surface area contributed by atoms with Gasteiger partial charge in [0.15, 0.2) is 0 Å². The van der Waals surface area contributed by atoms with Crippen molar-refractivity contribution in [3.8, 4) is 0 Å². The van der Waals surface area contributed by atoms with E-state index in [2.05, 4.69) is 27.4 Å². The molecule has 0 heterocycles. The van der Waals surface area contributed by atoms with E-state index in [1.165, 1.54) is 6.42 Å². The van der Waals surface area contributed by atoms with Crippen molar-refractivity contribution < 1.29 is 4.74 Å². The summed E-state index contributed by atoms with van der Waals surface area (Å²) in [5.74, 6) is 0.595. The van der Waals surface area contributed by atoms with E-state index in [0.29, 0.717) is 12.0 Å². The van der Waals surface area contributed by atoms with Gasteiger partial charge < -0.3 is 4.74 Å². The third kappa shape index (κ3) is 3.54. The highest BCUT2D eigenvalue weighted by Crippen LogP contribution is 2.12. The minimum atomic E-state index is 0.363. The lowest BCUT2D eigenvalue weighted by atomic mass is 10.0. The maximum Gasteiger partial charge on any atom is 0.100 e. The molecule has 0 rings (SSSR count). The molecule has 0 aliphatic rings. The Balaban J connectivity index is 3.60. The third-order valence-electron chi connectivity index (χ3n) is 1.59. The van der Waals surface area contributed by atoms with Crippen LogP contribution in [-0.2, 0) is 4.74 Å². The maximum atomic E-state index is 5.31. The molecule has 0 aromatic heterocycles. The lowest BCUT2D eigenvalue weighted by Crippen LogP contribution is -2.16. The summed E-state index contributed by atoms with van der Waals surface area (Å²) in [6.07, 6.45) is 4.21. The van der Waals surface area contributed by atoms with Crippen LogP contribution in [-0.4, -0.2) is 6.10 Å². The standard InChI is InChI=1S/C9H18O/c1-5-7-9(8(3)4)10-6-2/h6,8-9H,2,5,7H2,1,3-4H3. The smallest absolute Gasteiger partial charge is 0.100 e. The first-order valence-corrected chi connectivity index (χ1v) is 3.98. The minimum absolute atomic E-state index is 0.363. The molecule has 1 nitrogen and oxygen atoms in total. The second-order valence-corrected chi connectivity index (χ2v) is 2.87. The van der Waals surface area contributed by atoms with Gasteiger partial charge in [-0.25, -0.2) is 0 Å². The first-order chi connectivity index (χ1) is 4.72. The van der Waals surface area contributed by atoms with Crippen LogP contribution in [0, 0.1) is 5.92 Å². The number of ether oxygens (including phenoxy) is 1. The van der Waals surface area contributed by atoms with E-state index in [0.717, 1.165) is 6.42 Å². The molecule has 0 bridgehead atoms. The number of hydrogen-bond donors (Lipinski definition) is 0. The fourth-order valence-corrected chi connectivity index (χ4v) is 0.967. The van der Waals surface area contributed by atoms with Crippen LogP contribution in [0.3, 0.4) is 0 Å². The molecule has 0 radical (unpaired) electrons. The molecule has 0 amide bonds. The zero-order chi connectivity index (χ0) is 7.98. The van der Waals surface area contributed by atoms with Crippen LogP contribution in [0.5, 0.6) is 0 Å². The van der Waals surface area contributed by atoms with Gasteiger partial charge in [0, 0.05) is 0 Å². The van der Waals surface area contributed by atoms with Crippen molar-refractivity contribution >= 4 is 0 Å². The molecule has 0 fully saturated rings. The summed E-state index contributed by atoms with van der Waals surface area (Å²) in [5, 5.41) is 0. The summed E-state index contributed by atoms with van der Waals surface area (Å²) in [6, 6.07) is 0. The van der Waals surface area contributed by atoms with Gasteiger partial charge in [-0.2, -0.15) is 0 Å². The molecule has 0 aliphatic carbocycles. The van der Waals surface area contributed by atoms with Crippen molar-refractivity contribution in [3.63, 3.8) is 0 Å². The first-order valence-electron chi connectivity index (χ1n) is 3.98. The number of rotatable bonds is 5. The summed E-state index contributed by atoms with van der Waals surface area (Å²) in [5.41, 5.74) is 0. The molecule has 1 heteroatoms. The highest BCUT2D eigenvalue weighted by atomic mass is 16.5. The minimum Gasteiger partial charge on any atom is -0.498 e. The number of hydrogen-bond acceptors (Lipinski definition) is 1. The van der Waals surface area contributed by atoms with Gasteiger partial charge in [-0.05, 0) is 12.3 Å². The van der Waals surface area contributed by atoms with E-state index in [-0.39, 0.29) is 0 Å². The molecule has 0 N–H and O–H groups in total. The van der Waals surface area contributed by atoms with Gasteiger partial charge >= 0.3 is 0 Å². The van der Waals surface area contributed by atoms with Crippen LogP contribution in [0.25, 0.3) is 0 Å². The van der Waals surface area contributed by atoms with E-state index >= 15 is 0 Å². The fourth-order valence-electron chi connectivity index (χ4n) is 0.967. The molecule has 0 aromatic carbocycles. The Hall–Kier alpha value is -0.460. The Kier molecular flexibility index (Phi) is 5.09. The van der Waals surface area contributed by atoms with Crippen LogP contribution in [0.15, 0.2) is 12.8 Å². The molecule has 0 saturated carbocycles. The monoisotopic (exact) mass is 142 g/mol. The maximum absolute atomic E-state index is 5.31. The Bertz CT molecular complexity index is 86.7. The molecule has 0 saturated heterocycles. The molecule has 0 spiro atoms. The molecule has 60 valence electrons. The van der Waals surface area contributed by atoms with Gasteiger partial charge in [0.25, 0.3) is 0 Å². The zero-order valence-electron chi connectivity index (χ0n) is 7.26. The van der Waals surface area contributed by atoms with E-state index in [1.54, 1.807) is 6.26 Å². The van der Waals surface area contributed by atoms with E-state index in [4.69, 9.17) is 4.74 Å².